The average molecular weight is 277 g/mol. The molecule has 1 aliphatic rings. The van der Waals surface area contributed by atoms with Gasteiger partial charge in [-0.2, -0.15) is 0 Å². The van der Waals surface area contributed by atoms with Gasteiger partial charge in [-0.15, -0.1) is 0 Å². The van der Waals surface area contributed by atoms with Gasteiger partial charge < -0.3 is 14.7 Å². The van der Waals surface area contributed by atoms with Crippen molar-refractivity contribution >= 4 is 18.0 Å². The Bertz CT molecular complexity index is 453. The van der Waals surface area contributed by atoms with Crippen LogP contribution in [0, 0.1) is 6.92 Å². The first-order valence-electron chi connectivity index (χ1n) is 7.22. The summed E-state index contributed by atoms with van der Waals surface area (Å²) in [7, 11) is 0. The predicted octanol–water partition coefficient (Wildman–Crippen LogP) is 0.910. The van der Waals surface area contributed by atoms with Gasteiger partial charge in [-0.1, -0.05) is 0 Å². The smallest absolute Gasteiger partial charge is 0.209 e. The SMILES string of the molecule is CCN(CC)c1cc(N2CCN(C=O)CC2)nc(C)n1. The molecule has 0 atom stereocenters. The summed E-state index contributed by atoms with van der Waals surface area (Å²) in [5.74, 6) is 2.74. The molecular formula is C14H23N5O. The number of piperazine rings is 1. The second-order valence-corrected chi connectivity index (χ2v) is 4.93. The number of rotatable bonds is 5. The van der Waals surface area contributed by atoms with Gasteiger partial charge in [0, 0.05) is 45.3 Å². The Morgan fingerprint density at radius 2 is 1.85 bits per heavy atom. The molecule has 0 bridgehead atoms. The molecule has 110 valence electrons. The van der Waals surface area contributed by atoms with Gasteiger partial charge in [0.05, 0.1) is 0 Å². The zero-order valence-corrected chi connectivity index (χ0v) is 12.5. The molecule has 1 aromatic rings. The largest absolute Gasteiger partial charge is 0.357 e. The molecule has 0 saturated carbocycles. The molecule has 1 saturated heterocycles. The number of amides is 1. The van der Waals surface area contributed by atoms with Crippen molar-refractivity contribution in [3.8, 4) is 0 Å². The first-order chi connectivity index (χ1) is 9.67. The lowest BCUT2D eigenvalue weighted by Gasteiger charge is -2.34. The van der Waals surface area contributed by atoms with Crippen molar-refractivity contribution in [1.29, 1.82) is 0 Å². The molecule has 6 heteroatoms. The van der Waals surface area contributed by atoms with Crippen LogP contribution in [0.4, 0.5) is 11.6 Å². The summed E-state index contributed by atoms with van der Waals surface area (Å²) in [4.78, 5) is 26.1. The van der Waals surface area contributed by atoms with Gasteiger partial charge in [0.15, 0.2) is 0 Å². The minimum Gasteiger partial charge on any atom is -0.357 e. The van der Waals surface area contributed by atoms with Gasteiger partial charge in [0.1, 0.15) is 17.5 Å². The third-order valence-electron chi connectivity index (χ3n) is 3.69. The third-order valence-corrected chi connectivity index (χ3v) is 3.69. The summed E-state index contributed by atoms with van der Waals surface area (Å²) in [6.45, 7) is 11.2. The van der Waals surface area contributed by atoms with Crippen molar-refractivity contribution in [3.63, 3.8) is 0 Å². The van der Waals surface area contributed by atoms with E-state index in [1.165, 1.54) is 0 Å². The van der Waals surface area contributed by atoms with Crippen LogP contribution in [0.15, 0.2) is 6.07 Å². The minimum absolute atomic E-state index is 0.757. The van der Waals surface area contributed by atoms with Crippen LogP contribution in [0.5, 0.6) is 0 Å². The quantitative estimate of drug-likeness (QED) is 0.749. The maximum Gasteiger partial charge on any atom is 0.209 e. The molecule has 2 heterocycles. The number of hydrogen-bond acceptors (Lipinski definition) is 5. The van der Waals surface area contributed by atoms with Crippen LogP contribution in [0.25, 0.3) is 0 Å². The van der Waals surface area contributed by atoms with Crippen molar-refractivity contribution in [2.75, 3.05) is 49.1 Å². The Hall–Kier alpha value is -1.85. The van der Waals surface area contributed by atoms with Crippen molar-refractivity contribution < 1.29 is 4.79 Å². The van der Waals surface area contributed by atoms with E-state index in [9.17, 15) is 4.79 Å². The van der Waals surface area contributed by atoms with Gasteiger partial charge in [-0.05, 0) is 20.8 Å². The Balaban J connectivity index is 2.18. The van der Waals surface area contributed by atoms with E-state index in [0.29, 0.717) is 0 Å². The molecule has 0 aliphatic carbocycles. The standard InChI is InChI=1S/C14H23N5O/c1-4-18(5-2)13-10-14(16-12(3)15-13)19-8-6-17(11-20)7-9-19/h10-11H,4-9H2,1-3H3. The van der Waals surface area contributed by atoms with E-state index in [-0.39, 0.29) is 0 Å². The van der Waals surface area contributed by atoms with Crippen LogP contribution < -0.4 is 9.80 Å². The monoisotopic (exact) mass is 277 g/mol. The highest BCUT2D eigenvalue weighted by atomic mass is 16.1. The number of carbonyl (C=O) groups is 1. The second-order valence-electron chi connectivity index (χ2n) is 4.93. The summed E-state index contributed by atoms with van der Waals surface area (Å²) >= 11 is 0. The highest BCUT2D eigenvalue weighted by Crippen LogP contribution is 2.20. The Labute approximate surface area is 120 Å². The topological polar surface area (TPSA) is 52.6 Å². The fourth-order valence-electron chi connectivity index (χ4n) is 2.46. The van der Waals surface area contributed by atoms with Crippen LogP contribution in [0.1, 0.15) is 19.7 Å². The molecule has 2 rings (SSSR count). The van der Waals surface area contributed by atoms with Gasteiger partial charge in [-0.25, -0.2) is 9.97 Å². The molecule has 0 aromatic carbocycles. The van der Waals surface area contributed by atoms with Crippen molar-refractivity contribution in [2.24, 2.45) is 0 Å². The third kappa shape index (κ3) is 3.18. The molecule has 1 fully saturated rings. The minimum atomic E-state index is 0.757. The highest BCUT2D eigenvalue weighted by Gasteiger charge is 2.18. The number of aryl methyl sites for hydroxylation is 1. The zero-order valence-electron chi connectivity index (χ0n) is 12.5. The van der Waals surface area contributed by atoms with Crippen LogP contribution >= 0.6 is 0 Å². The van der Waals surface area contributed by atoms with Gasteiger partial charge in [0.2, 0.25) is 6.41 Å². The number of anilines is 2. The normalized spacial score (nSPS) is 15.3. The van der Waals surface area contributed by atoms with Crippen LogP contribution in [-0.4, -0.2) is 60.5 Å². The molecule has 0 N–H and O–H groups in total. The number of hydrogen-bond donors (Lipinski definition) is 0. The van der Waals surface area contributed by atoms with Crippen LogP contribution in [-0.2, 0) is 4.79 Å². The molecule has 1 aliphatic heterocycles. The van der Waals surface area contributed by atoms with E-state index < -0.39 is 0 Å². The molecule has 20 heavy (non-hydrogen) atoms. The Morgan fingerprint density at radius 3 is 2.40 bits per heavy atom. The first-order valence-corrected chi connectivity index (χ1v) is 7.22. The number of aromatic nitrogens is 2. The van der Waals surface area contributed by atoms with E-state index in [1.807, 2.05) is 6.92 Å². The second kappa shape index (κ2) is 6.54. The lowest BCUT2D eigenvalue weighted by molar-refractivity contribution is -0.118. The summed E-state index contributed by atoms with van der Waals surface area (Å²) in [6.07, 6.45) is 0.921. The van der Waals surface area contributed by atoms with Crippen molar-refractivity contribution in [1.82, 2.24) is 14.9 Å². The Kier molecular flexibility index (Phi) is 4.76. The van der Waals surface area contributed by atoms with Crippen LogP contribution in [0.3, 0.4) is 0 Å². The first kappa shape index (κ1) is 14.6. The van der Waals surface area contributed by atoms with E-state index >= 15 is 0 Å². The summed E-state index contributed by atoms with van der Waals surface area (Å²) in [6, 6.07) is 2.05. The molecule has 0 unspecified atom stereocenters. The van der Waals surface area contributed by atoms with E-state index in [1.54, 1.807) is 4.90 Å². The summed E-state index contributed by atoms with van der Waals surface area (Å²) < 4.78 is 0. The number of carbonyl (C=O) groups excluding carboxylic acids is 1. The van der Waals surface area contributed by atoms with E-state index in [2.05, 4.69) is 39.7 Å². The average Bonchev–Trinajstić information content (AvgIpc) is 2.48. The molecular weight excluding hydrogens is 254 g/mol. The van der Waals surface area contributed by atoms with E-state index in [4.69, 9.17) is 0 Å². The van der Waals surface area contributed by atoms with Crippen molar-refractivity contribution in [2.45, 2.75) is 20.8 Å². The van der Waals surface area contributed by atoms with Gasteiger partial charge >= 0.3 is 0 Å². The maximum absolute atomic E-state index is 10.8. The maximum atomic E-state index is 10.8. The fourth-order valence-corrected chi connectivity index (χ4v) is 2.46. The predicted molar refractivity (Wildman–Crippen MR) is 80.2 cm³/mol. The molecule has 1 amide bonds. The summed E-state index contributed by atoms with van der Waals surface area (Å²) in [5.41, 5.74) is 0. The Morgan fingerprint density at radius 1 is 1.20 bits per heavy atom. The van der Waals surface area contributed by atoms with Crippen molar-refractivity contribution in [3.05, 3.63) is 11.9 Å². The molecule has 0 spiro atoms. The lowest BCUT2D eigenvalue weighted by atomic mass is 10.3. The molecule has 0 radical (unpaired) electrons. The summed E-state index contributed by atoms with van der Waals surface area (Å²) in [5, 5.41) is 0. The lowest BCUT2D eigenvalue weighted by Crippen LogP contribution is -2.46. The van der Waals surface area contributed by atoms with E-state index in [0.717, 1.165) is 63.1 Å². The molecule has 6 nitrogen and oxygen atoms in total. The van der Waals surface area contributed by atoms with Crippen LogP contribution in [0.2, 0.25) is 0 Å². The zero-order chi connectivity index (χ0) is 14.5. The van der Waals surface area contributed by atoms with Gasteiger partial charge in [0.25, 0.3) is 0 Å². The fraction of sp³-hybridized carbons (Fsp3) is 0.643. The van der Waals surface area contributed by atoms with Gasteiger partial charge in [-0.3, -0.25) is 4.79 Å². The molecule has 1 aromatic heterocycles. The number of nitrogens with zero attached hydrogens (tertiary/aromatic N) is 5. The highest BCUT2D eigenvalue weighted by molar-refractivity contribution is 5.53.